The standard InChI is InChI=1S/C20H21N9O8S3/c1-2-3-37-25-12(10-7-39-19(22-10)21-8-30)15(33)23-13-16(34)29-14(18(35)36)9(5-38-17(13)29)6-40-20-24-26-27-28(20)4-11(31)32/h7-8,13,17H,2-6H2,1H3,(H,23,33)(H,31,32)(H,35,36)(H,21,22,30)/t13?,17-/m1/s1. The molecular formula is C20H21N9O8S3. The summed E-state index contributed by atoms with van der Waals surface area (Å²) in [6.45, 7) is 1.61. The molecule has 4 heterocycles. The molecular weight excluding hydrogens is 590 g/mol. The molecule has 4 N–H and O–H groups in total. The van der Waals surface area contributed by atoms with Gasteiger partial charge in [-0.05, 0) is 22.4 Å². The van der Waals surface area contributed by atoms with E-state index in [1.165, 1.54) is 17.1 Å². The highest BCUT2D eigenvalue weighted by Gasteiger charge is 2.54. The zero-order chi connectivity index (χ0) is 28.8. The van der Waals surface area contributed by atoms with Crippen LogP contribution in [0.4, 0.5) is 5.13 Å². The molecule has 2 aromatic rings. The van der Waals surface area contributed by atoms with Gasteiger partial charge in [0.25, 0.3) is 11.8 Å². The number of carboxylic acid groups (broad SMARTS) is 2. The van der Waals surface area contributed by atoms with E-state index in [-0.39, 0.29) is 45.5 Å². The maximum absolute atomic E-state index is 13.1. The Kier molecular flexibility index (Phi) is 9.32. The van der Waals surface area contributed by atoms with Crippen LogP contribution in [0.25, 0.3) is 0 Å². The second-order valence-electron chi connectivity index (χ2n) is 7.99. The monoisotopic (exact) mass is 611 g/mol. The van der Waals surface area contributed by atoms with Gasteiger partial charge in [-0.2, -0.15) is 0 Å². The van der Waals surface area contributed by atoms with Crippen LogP contribution in [0.3, 0.4) is 0 Å². The SMILES string of the molecule is CCCON=C(C(=O)NC1C(=O)N2C(C(=O)O)=C(CSc3nnnn3CC(=O)O)CS[C@H]12)c1csc(NC=O)n1. The molecule has 1 saturated heterocycles. The number of aromatic nitrogens is 5. The number of carbonyl (C=O) groups is 5. The van der Waals surface area contributed by atoms with Crippen molar-refractivity contribution in [1.82, 2.24) is 35.4 Å². The van der Waals surface area contributed by atoms with Crippen molar-refractivity contribution in [3.63, 3.8) is 0 Å². The van der Waals surface area contributed by atoms with Gasteiger partial charge in [0.1, 0.15) is 36.0 Å². The summed E-state index contributed by atoms with van der Waals surface area (Å²) in [5.41, 5.74) is 0.113. The molecule has 0 spiro atoms. The first-order valence-electron chi connectivity index (χ1n) is 11.4. The number of fused-ring (bicyclic) bond motifs is 1. The fourth-order valence-corrected chi connectivity index (χ4v) is 6.60. The van der Waals surface area contributed by atoms with E-state index in [1.54, 1.807) is 0 Å². The number of nitrogens with zero attached hydrogens (tertiary/aromatic N) is 7. The van der Waals surface area contributed by atoms with E-state index in [4.69, 9.17) is 9.94 Å². The fraction of sp³-hybridized carbons (Fsp3) is 0.400. The topological polar surface area (TPSA) is 231 Å². The molecule has 3 amide bonds. The number of thiazole rings is 1. The number of thioether (sulfide) groups is 2. The summed E-state index contributed by atoms with van der Waals surface area (Å²) in [6, 6.07) is -1.04. The molecule has 0 aliphatic carbocycles. The van der Waals surface area contributed by atoms with Crippen LogP contribution in [-0.4, -0.2) is 106 Å². The van der Waals surface area contributed by atoms with Gasteiger partial charge in [0, 0.05) is 16.9 Å². The van der Waals surface area contributed by atoms with Crippen molar-refractivity contribution in [3.05, 3.63) is 22.3 Å². The number of carboxylic acids is 2. The fourth-order valence-electron chi connectivity index (χ4n) is 3.59. The highest BCUT2D eigenvalue weighted by molar-refractivity contribution is 8.01. The van der Waals surface area contributed by atoms with Gasteiger partial charge in [0.2, 0.25) is 11.6 Å². The number of hydrogen-bond donors (Lipinski definition) is 4. The van der Waals surface area contributed by atoms with E-state index in [9.17, 15) is 29.1 Å². The predicted octanol–water partition coefficient (Wildman–Crippen LogP) is -0.556. The normalized spacial score (nSPS) is 18.6. The van der Waals surface area contributed by atoms with Crippen LogP contribution >= 0.6 is 34.9 Å². The first kappa shape index (κ1) is 29.0. The van der Waals surface area contributed by atoms with Gasteiger partial charge < -0.3 is 25.7 Å². The third-order valence-corrected chi connectivity index (χ3v) is 8.45. The number of tetrazole rings is 1. The quantitative estimate of drug-likeness (QED) is 0.0524. The Balaban J connectivity index is 1.48. The number of amides is 3. The Morgan fingerprint density at radius 3 is 2.85 bits per heavy atom. The molecule has 2 aliphatic rings. The summed E-state index contributed by atoms with van der Waals surface area (Å²) >= 11 is 3.36. The zero-order valence-electron chi connectivity index (χ0n) is 20.5. The van der Waals surface area contributed by atoms with Gasteiger partial charge in [-0.15, -0.1) is 28.2 Å². The van der Waals surface area contributed by atoms with Gasteiger partial charge in [0.15, 0.2) is 10.8 Å². The van der Waals surface area contributed by atoms with Crippen LogP contribution in [0.2, 0.25) is 0 Å². The van der Waals surface area contributed by atoms with E-state index >= 15 is 0 Å². The van der Waals surface area contributed by atoms with Crippen molar-refractivity contribution in [3.8, 4) is 0 Å². The number of aliphatic carboxylic acids is 2. The third kappa shape index (κ3) is 6.23. The number of hydrogen-bond acceptors (Lipinski definition) is 14. The average Bonchev–Trinajstić information content (AvgIpc) is 3.56. The Hall–Kier alpha value is -4.04. The third-order valence-electron chi connectivity index (χ3n) is 5.29. The summed E-state index contributed by atoms with van der Waals surface area (Å²) in [6.07, 6.45) is 1.06. The molecule has 2 aliphatic heterocycles. The molecule has 1 fully saturated rings. The molecule has 0 aromatic carbocycles. The van der Waals surface area contributed by atoms with Crippen molar-refractivity contribution < 1.29 is 39.0 Å². The smallest absolute Gasteiger partial charge is 0.352 e. The second kappa shape index (κ2) is 12.9. The highest BCUT2D eigenvalue weighted by Crippen LogP contribution is 2.41. The molecule has 1 unspecified atom stereocenters. The molecule has 2 aromatic heterocycles. The number of carbonyl (C=O) groups excluding carboxylic acids is 3. The Morgan fingerprint density at radius 1 is 1.35 bits per heavy atom. The summed E-state index contributed by atoms with van der Waals surface area (Å²) < 4.78 is 1.07. The first-order valence-corrected chi connectivity index (χ1v) is 14.3. The van der Waals surface area contributed by atoms with Gasteiger partial charge >= 0.3 is 11.9 Å². The lowest BCUT2D eigenvalue weighted by molar-refractivity contribution is -0.150. The molecule has 2 atom stereocenters. The molecule has 212 valence electrons. The maximum Gasteiger partial charge on any atom is 0.352 e. The van der Waals surface area contributed by atoms with Gasteiger partial charge in [0.05, 0.1) is 0 Å². The Bertz CT molecular complexity index is 1390. The van der Waals surface area contributed by atoms with Crippen LogP contribution in [0.5, 0.6) is 0 Å². The number of anilines is 1. The van der Waals surface area contributed by atoms with Crippen LogP contribution in [0, 0.1) is 0 Å². The Labute approximate surface area is 237 Å². The number of nitrogens with one attached hydrogen (secondary N) is 2. The molecule has 0 bridgehead atoms. The summed E-state index contributed by atoms with van der Waals surface area (Å²) in [7, 11) is 0. The van der Waals surface area contributed by atoms with E-state index in [2.05, 4.69) is 36.3 Å². The van der Waals surface area contributed by atoms with Crippen molar-refractivity contribution in [1.29, 1.82) is 0 Å². The van der Waals surface area contributed by atoms with Gasteiger partial charge in [-0.3, -0.25) is 24.1 Å². The average molecular weight is 612 g/mol. The van der Waals surface area contributed by atoms with E-state index < -0.39 is 41.7 Å². The zero-order valence-corrected chi connectivity index (χ0v) is 23.0. The second-order valence-corrected chi connectivity index (χ2v) is 10.9. The lowest BCUT2D eigenvalue weighted by Crippen LogP contribution is -2.71. The maximum atomic E-state index is 13.1. The molecule has 40 heavy (non-hydrogen) atoms. The Morgan fingerprint density at radius 2 is 2.15 bits per heavy atom. The van der Waals surface area contributed by atoms with Crippen molar-refractivity contribution in [2.24, 2.45) is 5.16 Å². The van der Waals surface area contributed by atoms with Gasteiger partial charge in [-0.1, -0.05) is 23.8 Å². The molecule has 20 heteroatoms. The molecule has 17 nitrogen and oxygen atoms in total. The molecule has 4 rings (SSSR count). The number of oxime groups is 1. The number of rotatable bonds is 14. The molecule has 0 saturated carbocycles. The summed E-state index contributed by atoms with van der Waals surface area (Å²) in [4.78, 5) is 70.4. The van der Waals surface area contributed by atoms with Crippen LogP contribution in [0.15, 0.2) is 27.0 Å². The summed E-state index contributed by atoms with van der Waals surface area (Å²) in [5, 5.41) is 39.7. The van der Waals surface area contributed by atoms with Crippen LogP contribution < -0.4 is 10.6 Å². The summed E-state index contributed by atoms with van der Waals surface area (Å²) in [5.74, 6) is -3.54. The van der Waals surface area contributed by atoms with Crippen LogP contribution in [0.1, 0.15) is 19.0 Å². The van der Waals surface area contributed by atoms with Crippen molar-refractivity contribution in [2.45, 2.75) is 36.5 Å². The first-order chi connectivity index (χ1) is 19.2. The lowest BCUT2D eigenvalue weighted by Gasteiger charge is -2.49. The highest BCUT2D eigenvalue weighted by atomic mass is 32.2. The van der Waals surface area contributed by atoms with Crippen molar-refractivity contribution in [2.75, 3.05) is 23.4 Å². The number of β-lactam (4-membered cyclic amide) rings is 1. The van der Waals surface area contributed by atoms with E-state index in [0.717, 1.165) is 32.7 Å². The minimum atomic E-state index is -1.32. The minimum absolute atomic E-state index is 0.0920. The van der Waals surface area contributed by atoms with Crippen LogP contribution in [-0.2, 0) is 35.4 Å². The minimum Gasteiger partial charge on any atom is -0.480 e. The lowest BCUT2D eigenvalue weighted by atomic mass is 10.0. The largest absolute Gasteiger partial charge is 0.480 e. The van der Waals surface area contributed by atoms with E-state index in [0.29, 0.717) is 18.4 Å². The predicted molar refractivity (Wildman–Crippen MR) is 140 cm³/mol. The molecule has 0 radical (unpaired) electrons. The van der Waals surface area contributed by atoms with E-state index in [1.807, 2.05) is 6.92 Å². The van der Waals surface area contributed by atoms with Gasteiger partial charge in [-0.25, -0.2) is 14.5 Å². The van der Waals surface area contributed by atoms with Crippen molar-refractivity contribution >= 4 is 75.9 Å².